The lowest BCUT2D eigenvalue weighted by Crippen LogP contribution is -2.60. The van der Waals surface area contributed by atoms with Gasteiger partial charge in [-0.25, -0.2) is 0 Å². The third-order valence-corrected chi connectivity index (χ3v) is 6.33. The molecule has 146 valence electrons. The van der Waals surface area contributed by atoms with Gasteiger partial charge in [0.2, 0.25) is 11.8 Å². The molecule has 0 radical (unpaired) electrons. The molecule has 1 spiro atoms. The maximum atomic E-state index is 12.7. The normalized spacial score (nSPS) is 19.0. The molecule has 2 aliphatic heterocycles. The van der Waals surface area contributed by atoms with Crippen LogP contribution >= 0.6 is 0 Å². The molecular formula is C23H32N2O2. The topological polar surface area (TPSA) is 40.6 Å². The van der Waals surface area contributed by atoms with Crippen LogP contribution in [0.1, 0.15) is 44.2 Å². The van der Waals surface area contributed by atoms with E-state index >= 15 is 0 Å². The Bertz CT molecular complexity index is 706. The fourth-order valence-corrected chi connectivity index (χ4v) is 4.44. The SMILES string of the molecule is C=CC(CC)CC(=O)N1CCC2(C1)CN(C(=O)Cc1ccccc1CC)C2. The van der Waals surface area contributed by atoms with Crippen LogP contribution in [0.4, 0.5) is 0 Å². The second kappa shape index (κ2) is 8.28. The molecule has 0 aliphatic carbocycles. The fraction of sp³-hybridized carbons (Fsp3) is 0.565. The molecule has 1 atom stereocenters. The first-order valence-electron chi connectivity index (χ1n) is 10.2. The van der Waals surface area contributed by atoms with Crippen LogP contribution in [0, 0.1) is 11.3 Å². The Balaban J connectivity index is 1.51. The quantitative estimate of drug-likeness (QED) is 0.692. The summed E-state index contributed by atoms with van der Waals surface area (Å²) < 4.78 is 0. The molecule has 0 bridgehead atoms. The monoisotopic (exact) mass is 368 g/mol. The minimum Gasteiger partial charge on any atom is -0.342 e. The number of hydrogen-bond acceptors (Lipinski definition) is 2. The summed E-state index contributed by atoms with van der Waals surface area (Å²) in [7, 11) is 0. The van der Waals surface area contributed by atoms with Gasteiger partial charge in [0.05, 0.1) is 6.42 Å². The van der Waals surface area contributed by atoms with Crippen molar-refractivity contribution in [2.24, 2.45) is 11.3 Å². The van der Waals surface area contributed by atoms with Gasteiger partial charge in [-0.15, -0.1) is 6.58 Å². The molecular weight excluding hydrogens is 336 g/mol. The molecule has 2 saturated heterocycles. The minimum atomic E-state index is 0.130. The summed E-state index contributed by atoms with van der Waals surface area (Å²) in [6, 6.07) is 8.21. The van der Waals surface area contributed by atoms with Crippen LogP contribution in [0.5, 0.6) is 0 Å². The summed E-state index contributed by atoms with van der Waals surface area (Å²) in [5.74, 6) is 0.719. The van der Waals surface area contributed by atoms with Gasteiger partial charge >= 0.3 is 0 Å². The lowest BCUT2D eigenvalue weighted by atomic mass is 9.78. The van der Waals surface area contributed by atoms with E-state index < -0.39 is 0 Å². The Kier molecular flexibility index (Phi) is 6.03. The van der Waals surface area contributed by atoms with Gasteiger partial charge in [-0.3, -0.25) is 9.59 Å². The van der Waals surface area contributed by atoms with Crippen molar-refractivity contribution in [2.75, 3.05) is 26.2 Å². The Morgan fingerprint density at radius 2 is 1.78 bits per heavy atom. The number of nitrogens with zero attached hydrogens (tertiary/aromatic N) is 2. The molecule has 3 rings (SSSR count). The number of benzene rings is 1. The highest BCUT2D eigenvalue weighted by molar-refractivity contribution is 5.80. The van der Waals surface area contributed by atoms with E-state index in [1.807, 2.05) is 28.0 Å². The molecule has 4 heteroatoms. The van der Waals surface area contributed by atoms with Crippen molar-refractivity contribution < 1.29 is 9.59 Å². The van der Waals surface area contributed by atoms with Crippen LogP contribution in [-0.2, 0) is 22.4 Å². The van der Waals surface area contributed by atoms with Crippen LogP contribution in [-0.4, -0.2) is 47.8 Å². The summed E-state index contributed by atoms with van der Waals surface area (Å²) in [5, 5.41) is 0. The first-order valence-corrected chi connectivity index (χ1v) is 10.2. The Hall–Kier alpha value is -2.10. The molecule has 1 unspecified atom stereocenters. The summed E-state index contributed by atoms with van der Waals surface area (Å²) in [4.78, 5) is 29.2. The maximum Gasteiger partial charge on any atom is 0.227 e. The molecule has 2 heterocycles. The van der Waals surface area contributed by atoms with Crippen molar-refractivity contribution in [3.63, 3.8) is 0 Å². The van der Waals surface area contributed by atoms with Crippen LogP contribution in [0.3, 0.4) is 0 Å². The van der Waals surface area contributed by atoms with Gasteiger partial charge in [-0.1, -0.05) is 44.2 Å². The van der Waals surface area contributed by atoms with Crippen molar-refractivity contribution >= 4 is 11.8 Å². The molecule has 1 aromatic rings. The molecule has 0 aromatic heterocycles. The Morgan fingerprint density at radius 1 is 1.11 bits per heavy atom. The molecule has 2 aliphatic rings. The van der Waals surface area contributed by atoms with E-state index in [-0.39, 0.29) is 23.1 Å². The van der Waals surface area contributed by atoms with Gasteiger partial charge < -0.3 is 9.80 Å². The molecule has 0 saturated carbocycles. The van der Waals surface area contributed by atoms with E-state index in [1.54, 1.807) is 0 Å². The first kappa shape index (κ1) is 19.7. The van der Waals surface area contributed by atoms with Gasteiger partial charge in [0.1, 0.15) is 0 Å². The van der Waals surface area contributed by atoms with Gasteiger partial charge in [0, 0.05) is 38.0 Å². The number of hydrogen-bond donors (Lipinski definition) is 0. The van der Waals surface area contributed by atoms with E-state index in [9.17, 15) is 9.59 Å². The molecule has 4 nitrogen and oxygen atoms in total. The lowest BCUT2D eigenvalue weighted by molar-refractivity contribution is -0.142. The predicted octanol–water partition coefficient (Wildman–Crippen LogP) is 3.45. The number of carbonyl (C=O) groups excluding carboxylic acids is 2. The van der Waals surface area contributed by atoms with Gasteiger partial charge in [-0.2, -0.15) is 0 Å². The zero-order chi connectivity index (χ0) is 19.4. The first-order chi connectivity index (χ1) is 13.0. The van der Waals surface area contributed by atoms with Crippen LogP contribution in [0.15, 0.2) is 36.9 Å². The van der Waals surface area contributed by atoms with Crippen molar-refractivity contribution in [1.82, 2.24) is 9.80 Å². The van der Waals surface area contributed by atoms with E-state index in [0.29, 0.717) is 12.8 Å². The predicted molar refractivity (Wildman–Crippen MR) is 108 cm³/mol. The van der Waals surface area contributed by atoms with Crippen molar-refractivity contribution in [3.8, 4) is 0 Å². The second-order valence-corrected chi connectivity index (χ2v) is 8.22. The fourth-order valence-electron chi connectivity index (χ4n) is 4.44. The molecule has 27 heavy (non-hydrogen) atoms. The molecule has 1 aromatic carbocycles. The number of amides is 2. The Labute approximate surface area is 163 Å². The summed E-state index contributed by atoms with van der Waals surface area (Å²) in [6.45, 7) is 11.3. The zero-order valence-electron chi connectivity index (χ0n) is 16.7. The van der Waals surface area contributed by atoms with Crippen molar-refractivity contribution in [2.45, 2.75) is 46.0 Å². The van der Waals surface area contributed by atoms with Crippen LogP contribution < -0.4 is 0 Å². The van der Waals surface area contributed by atoms with Gasteiger partial charge in [0.25, 0.3) is 0 Å². The van der Waals surface area contributed by atoms with Crippen molar-refractivity contribution in [3.05, 3.63) is 48.0 Å². The minimum absolute atomic E-state index is 0.130. The average Bonchev–Trinajstić information content (AvgIpc) is 3.11. The molecule has 2 amide bonds. The van der Waals surface area contributed by atoms with Gasteiger partial charge in [0.15, 0.2) is 0 Å². The zero-order valence-corrected chi connectivity index (χ0v) is 16.7. The van der Waals surface area contributed by atoms with Crippen LogP contribution in [0.25, 0.3) is 0 Å². The highest BCUT2D eigenvalue weighted by Gasteiger charge is 2.50. The van der Waals surface area contributed by atoms with Crippen molar-refractivity contribution in [1.29, 1.82) is 0 Å². The number of carbonyl (C=O) groups is 2. The third kappa shape index (κ3) is 4.26. The molecule has 2 fully saturated rings. The summed E-state index contributed by atoms with van der Waals surface area (Å²) in [5.41, 5.74) is 2.53. The van der Waals surface area contributed by atoms with Gasteiger partial charge in [-0.05, 0) is 36.3 Å². The van der Waals surface area contributed by atoms with E-state index in [0.717, 1.165) is 51.0 Å². The maximum absolute atomic E-state index is 12.7. The highest BCUT2D eigenvalue weighted by atomic mass is 16.2. The van der Waals surface area contributed by atoms with E-state index in [2.05, 4.69) is 32.6 Å². The lowest BCUT2D eigenvalue weighted by Gasteiger charge is -2.48. The van der Waals surface area contributed by atoms with E-state index in [1.165, 1.54) is 5.56 Å². The summed E-state index contributed by atoms with van der Waals surface area (Å²) in [6.07, 6.45) is 5.86. The number of allylic oxidation sites excluding steroid dienone is 1. The number of likely N-dealkylation sites (tertiary alicyclic amines) is 2. The number of aryl methyl sites for hydroxylation is 1. The van der Waals surface area contributed by atoms with Crippen LogP contribution in [0.2, 0.25) is 0 Å². The summed E-state index contributed by atoms with van der Waals surface area (Å²) >= 11 is 0. The standard InChI is InChI=1S/C23H32N2O2/c1-4-18(5-2)13-21(26)24-12-11-23(15-24)16-25(17-23)22(27)14-20-10-8-7-9-19(20)6-3/h4,7-10,18H,1,5-6,11-17H2,2-3H3. The Morgan fingerprint density at radius 3 is 2.41 bits per heavy atom. The molecule has 0 N–H and O–H groups in total. The smallest absolute Gasteiger partial charge is 0.227 e. The van der Waals surface area contributed by atoms with E-state index in [4.69, 9.17) is 0 Å². The second-order valence-electron chi connectivity index (χ2n) is 8.22. The highest BCUT2D eigenvalue weighted by Crippen LogP contribution is 2.40. The third-order valence-electron chi connectivity index (χ3n) is 6.33. The largest absolute Gasteiger partial charge is 0.342 e. The average molecular weight is 369 g/mol. The number of rotatable bonds is 7.